The van der Waals surface area contributed by atoms with E-state index in [1.165, 1.54) is 32.1 Å². The number of Topliss-reactive ketones (excluding diaryl/α,β-unsaturated/α-hetero) is 1. The molecule has 4 bridgehead atoms. The number of nitrogens with two attached hydrogens (primary N) is 1. The lowest BCUT2D eigenvalue weighted by atomic mass is 9.51. The van der Waals surface area contributed by atoms with E-state index in [9.17, 15) is 4.79 Å². The molecule has 0 amide bonds. The van der Waals surface area contributed by atoms with Crippen LogP contribution in [0.25, 0.3) is 0 Å². The molecule has 0 aliphatic heterocycles. The minimum atomic E-state index is 0.302. The molecule has 0 aromatic heterocycles. The highest BCUT2D eigenvalue weighted by Gasteiger charge is 2.50. The van der Waals surface area contributed by atoms with E-state index in [0.717, 1.165) is 23.1 Å². The van der Waals surface area contributed by atoms with Crippen LogP contribution < -0.4 is 5.73 Å². The van der Waals surface area contributed by atoms with Crippen molar-refractivity contribution in [2.24, 2.45) is 29.6 Å². The molecule has 100 valence electrons. The maximum absolute atomic E-state index is 12.8. The van der Waals surface area contributed by atoms with E-state index in [2.05, 4.69) is 0 Å². The third-order valence-electron chi connectivity index (χ3n) is 5.72. The van der Waals surface area contributed by atoms with Gasteiger partial charge < -0.3 is 5.73 Å². The summed E-state index contributed by atoms with van der Waals surface area (Å²) in [6.07, 6.45) is 6.66. The number of carbonyl (C=O) groups excluding carboxylic acids is 1. The molecule has 2 N–H and O–H groups in total. The molecular formula is C17H21NO. The van der Waals surface area contributed by atoms with Crippen LogP contribution in [0.3, 0.4) is 0 Å². The first-order chi connectivity index (χ1) is 9.20. The number of nitrogen functional groups attached to an aromatic ring is 1. The monoisotopic (exact) mass is 255 g/mol. The Balaban J connectivity index is 1.62. The van der Waals surface area contributed by atoms with E-state index in [1.54, 1.807) is 0 Å². The van der Waals surface area contributed by atoms with E-state index in [-0.39, 0.29) is 0 Å². The zero-order chi connectivity index (χ0) is 13.0. The summed E-state index contributed by atoms with van der Waals surface area (Å²) in [6, 6.07) is 7.51. The lowest BCUT2D eigenvalue weighted by Crippen LogP contribution is -2.48. The van der Waals surface area contributed by atoms with Crippen molar-refractivity contribution in [3.05, 3.63) is 29.8 Å². The van der Waals surface area contributed by atoms with Crippen molar-refractivity contribution in [1.82, 2.24) is 0 Å². The fourth-order valence-electron chi connectivity index (χ4n) is 5.19. The highest BCUT2D eigenvalue weighted by molar-refractivity contribution is 5.98. The predicted molar refractivity (Wildman–Crippen MR) is 75.7 cm³/mol. The molecule has 1 aromatic rings. The van der Waals surface area contributed by atoms with Crippen LogP contribution in [0.15, 0.2) is 24.3 Å². The van der Waals surface area contributed by atoms with Gasteiger partial charge in [-0.3, -0.25) is 4.79 Å². The van der Waals surface area contributed by atoms with Crippen LogP contribution in [0.2, 0.25) is 0 Å². The standard InChI is InChI=1S/C17H21NO/c18-15-3-1-12(2-4-15)17(19)16-13-6-10-5-11(8-13)9-14(16)7-10/h1-4,10-11,13-14,16H,5-9,18H2. The van der Waals surface area contributed by atoms with Gasteiger partial charge in [0.05, 0.1) is 0 Å². The first-order valence-corrected chi connectivity index (χ1v) is 7.60. The number of anilines is 1. The average molecular weight is 255 g/mol. The largest absolute Gasteiger partial charge is 0.399 e. The smallest absolute Gasteiger partial charge is 0.166 e. The molecule has 0 unspecified atom stereocenters. The summed E-state index contributed by atoms with van der Waals surface area (Å²) in [5.74, 6) is 3.88. The van der Waals surface area contributed by atoms with Gasteiger partial charge >= 0.3 is 0 Å². The number of hydrogen-bond acceptors (Lipinski definition) is 2. The van der Waals surface area contributed by atoms with Crippen molar-refractivity contribution in [3.63, 3.8) is 0 Å². The summed E-state index contributed by atoms with van der Waals surface area (Å²) in [4.78, 5) is 12.8. The van der Waals surface area contributed by atoms with Gasteiger partial charge in [-0.25, -0.2) is 0 Å². The quantitative estimate of drug-likeness (QED) is 0.649. The van der Waals surface area contributed by atoms with Gasteiger partial charge in [0.2, 0.25) is 0 Å². The maximum atomic E-state index is 12.8. The number of hydrogen-bond donors (Lipinski definition) is 1. The molecule has 2 heteroatoms. The Labute approximate surface area is 114 Å². The minimum Gasteiger partial charge on any atom is -0.399 e. The lowest BCUT2D eigenvalue weighted by Gasteiger charge is -2.53. The molecule has 4 saturated carbocycles. The Bertz CT molecular complexity index is 476. The predicted octanol–water partition coefficient (Wildman–Crippen LogP) is 3.52. The Morgan fingerprint density at radius 2 is 1.42 bits per heavy atom. The molecule has 0 spiro atoms. The molecule has 0 radical (unpaired) electrons. The van der Waals surface area contributed by atoms with Gasteiger partial charge in [-0.2, -0.15) is 0 Å². The topological polar surface area (TPSA) is 43.1 Å². The molecule has 0 heterocycles. The zero-order valence-electron chi connectivity index (χ0n) is 11.2. The summed E-state index contributed by atoms with van der Waals surface area (Å²) in [5.41, 5.74) is 7.31. The van der Waals surface area contributed by atoms with Gasteiger partial charge in [0.25, 0.3) is 0 Å². The van der Waals surface area contributed by atoms with E-state index in [0.29, 0.717) is 23.5 Å². The zero-order valence-corrected chi connectivity index (χ0v) is 11.2. The molecule has 4 aliphatic carbocycles. The minimum absolute atomic E-state index is 0.302. The fourth-order valence-corrected chi connectivity index (χ4v) is 5.19. The maximum Gasteiger partial charge on any atom is 0.166 e. The van der Waals surface area contributed by atoms with E-state index < -0.39 is 0 Å². The highest BCUT2D eigenvalue weighted by atomic mass is 16.1. The van der Waals surface area contributed by atoms with Gasteiger partial charge in [-0.15, -0.1) is 0 Å². The number of benzene rings is 1. The van der Waals surface area contributed by atoms with E-state index >= 15 is 0 Å². The fraction of sp³-hybridized carbons (Fsp3) is 0.588. The summed E-state index contributed by atoms with van der Waals surface area (Å²) >= 11 is 0. The van der Waals surface area contributed by atoms with Gasteiger partial charge in [0, 0.05) is 17.2 Å². The Morgan fingerprint density at radius 3 is 1.95 bits per heavy atom. The Morgan fingerprint density at radius 1 is 0.895 bits per heavy atom. The molecule has 2 nitrogen and oxygen atoms in total. The van der Waals surface area contributed by atoms with Gasteiger partial charge in [0.15, 0.2) is 5.78 Å². The summed E-state index contributed by atoms with van der Waals surface area (Å²) in [7, 11) is 0. The Kier molecular flexibility index (Phi) is 2.48. The van der Waals surface area contributed by atoms with Gasteiger partial charge in [-0.1, -0.05) is 0 Å². The van der Waals surface area contributed by atoms with Crippen molar-refractivity contribution in [3.8, 4) is 0 Å². The van der Waals surface area contributed by atoms with Crippen LogP contribution in [0.1, 0.15) is 42.5 Å². The second-order valence-electron chi connectivity index (χ2n) is 6.94. The molecule has 0 atom stereocenters. The van der Waals surface area contributed by atoms with Crippen molar-refractivity contribution >= 4 is 11.5 Å². The SMILES string of the molecule is Nc1ccc(C(=O)C2C3CC4CC(C3)CC2C4)cc1. The highest BCUT2D eigenvalue weighted by Crippen LogP contribution is 2.57. The number of ketones is 1. The normalized spacial score (nSPS) is 39.5. The first kappa shape index (κ1) is 11.5. The van der Waals surface area contributed by atoms with Crippen molar-refractivity contribution in [1.29, 1.82) is 0 Å². The van der Waals surface area contributed by atoms with Crippen LogP contribution in [-0.4, -0.2) is 5.78 Å². The third-order valence-corrected chi connectivity index (χ3v) is 5.72. The van der Waals surface area contributed by atoms with Crippen molar-refractivity contribution in [2.75, 3.05) is 5.73 Å². The second-order valence-corrected chi connectivity index (χ2v) is 6.94. The average Bonchev–Trinajstić information content (AvgIpc) is 2.38. The summed E-state index contributed by atoms with van der Waals surface area (Å²) in [6.45, 7) is 0. The molecule has 4 aliphatic rings. The van der Waals surface area contributed by atoms with Gasteiger partial charge in [-0.05, 0) is 80.0 Å². The van der Waals surface area contributed by atoms with Crippen molar-refractivity contribution < 1.29 is 4.79 Å². The summed E-state index contributed by atoms with van der Waals surface area (Å²) < 4.78 is 0. The van der Waals surface area contributed by atoms with E-state index in [1.807, 2.05) is 24.3 Å². The molecule has 1 aromatic carbocycles. The Hall–Kier alpha value is -1.31. The molecular weight excluding hydrogens is 234 g/mol. The molecule has 0 saturated heterocycles. The third kappa shape index (κ3) is 1.80. The molecule has 19 heavy (non-hydrogen) atoms. The molecule has 5 rings (SSSR count). The van der Waals surface area contributed by atoms with Crippen LogP contribution in [0, 0.1) is 29.6 Å². The summed E-state index contributed by atoms with van der Waals surface area (Å²) in [5, 5.41) is 0. The number of carbonyl (C=O) groups is 1. The van der Waals surface area contributed by atoms with Crippen LogP contribution in [0.4, 0.5) is 5.69 Å². The first-order valence-electron chi connectivity index (χ1n) is 7.60. The van der Waals surface area contributed by atoms with Gasteiger partial charge in [0.1, 0.15) is 0 Å². The second kappa shape index (κ2) is 4.09. The van der Waals surface area contributed by atoms with Crippen LogP contribution in [-0.2, 0) is 0 Å². The lowest BCUT2D eigenvalue weighted by molar-refractivity contribution is -0.0251. The number of rotatable bonds is 2. The molecule has 4 fully saturated rings. The van der Waals surface area contributed by atoms with Crippen molar-refractivity contribution in [2.45, 2.75) is 32.1 Å². The van der Waals surface area contributed by atoms with E-state index in [4.69, 9.17) is 5.73 Å². The van der Waals surface area contributed by atoms with Crippen LogP contribution >= 0.6 is 0 Å². The van der Waals surface area contributed by atoms with Crippen LogP contribution in [0.5, 0.6) is 0 Å².